The number of nitrogens with zero attached hydrogens (tertiary/aromatic N) is 1. The van der Waals surface area contributed by atoms with E-state index >= 15 is 0 Å². The van der Waals surface area contributed by atoms with Crippen LogP contribution >= 0.6 is 0 Å². The summed E-state index contributed by atoms with van der Waals surface area (Å²) in [4.78, 5) is 5.43. The number of rotatable bonds is 6. The van der Waals surface area contributed by atoms with Crippen molar-refractivity contribution in [2.45, 2.75) is 143 Å². The van der Waals surface area contributed by atoms with E-state index in [1.165, 1.54) is 49.7 Å². The fraction of sp³-hybridized carbons (Fsp3) is 0.475. The second kappa shape index (κ2) is 14.8. The number of benzene rings is 4. The van der Waals surface area contributed by atoms with Crippen molar-refractivity contribution in [2.24, 2.45) is 32.5 Å². The molecule has 3 nitrogen and oxygen atoms in total. The van der Waals surface area contributed by atoms with Crippen LogP contribution in [0.15, 0.2) is 91.0 Å². The molecule has 0 unspecified atom stereocenters. The molecule has 330 valence electrons. The van der Waals surface area contributed by atoms with Gasteiger partial charge < -0.3 is 25.1 Å². The Morgan fingerprint density at radius 3 is 0.968 bits per heavy atom. The number of hydrogen-bond acceptors (Lipinski definition) is 3. The molecule has 4 aromatic carbocycles. The van der Waals surface area contributed by atoms with Crippen molar-refractivity contribution in [2.75, 3.05) is 0 Å². The molecule has 13 rings (SSSR count). The molecular formula is C59H71HfNO2-2. The van der Waals surface area contributed by atoms with Gasteiger partial charge in [-0.25, -0.2) is 4.98 Å². The summed E-state index contributed by atoms with van der Waals surface area (Å²) in [6.07, 6.45) is 14.7. The van der Waals surface area contributed by atoms with E-state index in [1.807, 2.05) is 0 Å². The smallest absolute Gasteiger partial charge is 0.127 e. The minimum Gasteiger partial charge on any atom is -0.507 e. The molecule has 1 heterocycles. The zero-order valence-electron chi connectivity index (χ0n) is 40.0. The first kappa shape index (κ1) is 46.0. The van der Waals surface area contributed by atoms with E-state index in [2.05, 4.69) is 146 Å². The Balaban J connectivity index is 0.00000181. The molecule has 5 aromatic rings. The van der Waals surface area contributed by atoms with Gasteiger partial charge in [0.25, 0.3) is 0 Å². The number of aromatic nitrogens is 1. The van der Waals surface area contributed by atoms with Crippen molar-refractivity contribution >= 4 is 0 Å². The van der Waals surface area contributed by atoms with Gasteiger partial charge in [-0.2, -0.15) is 0 Å². The maximum absolute atomic E-state index is 12.6. The summed E-state index contributed by atoms with van der Waals surface area (Å²) in [6.45, 7) is 19.6. The molecule has 0 amide bonds. The molecule has 0 saturated heterocycles. The first-order chi connectivity index (χ1) is 28.2. The third-order valence-electron chi connectivity index (χ3n) is 17.1. The van der Waals surface area contributed by atoms with Crippen LogP contribution in [-0.4, -0.2) is 15.2 Å². The SMILES string of the molecule is Cc1cc(-c2ccccc2-c2cccc(-c3ccccc3-c3cc(C)cc(C45CC6(C)CC(C)(CC(C)(C6)C4)C5)c3O)n2)c(O)c(C23CC4(C)CC(C)(CC(C)(C4)C2)C3)c1.[CH3-].[CH3-].[Hf]. The quantitative estimate of drug-likeness (QED) is 0.132. The van der Waals surface area contributed by atoms with E-state index in [-0.39, 0.29) is 51.5 Å². The molecule has 0 aliphatic heterocycles. The van der Waals surface area contributed by atoms with Crippen LogP contribution < -0.4 is 0 Å². The van der Waals surface area contributed by atoms with Crippen molar-refractivity contribution in [1.82, 2.24) is 4.98 Å². The monoisotopic (exact) mass is 1010 g/mol. The normalized spacial score (nSPS) is 35.4. The average molecular weight is 1000 g/mol. The summed E-state index contributed by atoms with van der Waals surface area (Å²) in [5, 5.41) is 25.2. The maximum Gasteiger partial charge on any atom is 0.127 e. The van der Waals surface area contributed by atoms with Gasteiger partial charge in [0.2, 0.25) is 0 Å². The van der Waals surface area contributed by atoms with Gasteiger partial charge in [0, 0.05) is 70.1 Å². The molecule has 8 bridgehead atoms. The zero-order chi connectivity index (χ0) is 41.9. The fourth-order valence-corrected chi connectivity index (χ4v) is 18.5. The second-order valence-electron chi connectivity index (χ2n) is 24.5. The first-order valence-electron chi connectivity index (χ1n) is 23.1. The Morgan fingerprint density at radius 1 is 0.381 bits per heavy atom. The van der Waals surface area contributed by atoms with Crippen LogP contribution in [0.3, 0.4) is 0 Å². The molecule has 0 radical (unpaired) electrons. The van der Waals surface area contributed by atoms with E-state index in [9.17, 15) is 10.2 Å². The Kier molecular flexibility index (Phi) is 10.8. The largest absolute Gasteiger partial charge is 0.507 e. The standard InChI is InChI=1S/C57H65NO2.2CH3.Hf/c1-36-20-42(48(59)44(22-36)56-30-50(3)24-51(4,31-56)26-52(5,25-50)32-56)38-14-9-11-16-40(38)46-18-13-19-47(58-46)41-17-12-10-15-39(41)43-21-37(2)23-45(49(43)60)57-33-53(6)27-54(7,34-57)29-55(8,28-53)35-57;;;/h9-23,59-60H,24-35H2,1-8H3;2*1H3;/q;2*-1;. The number of aromatic hydroxyl groups is 2. The van der Waals surface area contributed by atoms with Gasteiger partial charge >= 0.3 is 0 Å². The molecule has 8 aliphatic rings. The Hall–Kier alpha value is -3.50. The van der Waals surface area contributed by atoms with Gasteiger partial charge in [0.1, 0.15) is 11.5 Å². The summed E-state index contributed by atoms with van der Waals surface area (Å²) in [5.41, 5.74) is 14.2. The van der Waals surface area contributed by atoms with Crippen LogP contribution in [0, 0.1) is 61.2 Å². The van der Waals surface area contributed by atoms with Crippen LogP contribution in [0.2, 0.25) is 0 Å². The van der Waals surface area contributed by atoms with E-state index in [4.69, 9.17) is 4.98 Å². The van der Waals surface area contributed by atoms with E-state index in [0.29, 0.717) is 44.0 Å². The van der Waals surface area contributed by atoms with Crippen LogP contribution in [-0.2, 0) is 36.7 Å². The average Bonchev–Trinajstić information content (AvgIpc) is 3.12. The van der Waals surface area contributed by atoms with E-state index < -0.39 is 0 Å². The van der Waals surface area contributed by atoms with Gasteiger partial charge in [-0.15, -0.1) is 0 Å². The summed E-state index contributed by atoms with van der Waals surface area (Å²) >= 11 is 0. The third-order valence-corrected chi connectivity index (χ3v) is 17.1. The van der Waals surface area contributed by atoms with E-state index in [0.717, 1.165) is 94.4 Å². The molecular weight excluding hydrogens is 933 g/mol. The molecule has 0 atom stereocenters. The Bertz CT molecular complexity index is 2350. The molecule has 1 aromatic heterocycles. The molecule has 8 fully saturated rings. The summed E-state index contributed by atoms with van der Waals surface area (Å²) in [7, 11) is 0. The first-order valence-corrected chi connectivity index (χ1v) is 23.1. The van der Waals surface area contributed by atoms with Crippen molar-refractivity contribution < 1.29 is 36.1 Å². The van der Waals surface area contributed by atoms with Gasteiger partial charge in [0.15, 0.2) is 0 Å². The molecule has 2 N–H and O–H groups in total. The maximum atomic E-state index is 12.6. The fourth-order valence-electron chi connectivity index (χ4n) is 18.5. The van der Waals surface area contributed by atoms with Gasteiger partial charge in [-0.3, -0.25) is 0 Å². The minimum atomic E-state index is -0.0144. The molecule has 63 heavy (non-hydrogen) atoms. The Labute approximate surface area is 398 Å². The van der Waals surface area contributed by atoms with Crippen LogP contribution in [0.25, 0.3) is 44.8 Å². The summed E-state index contributed by atoms with van der Waals surface area (Å²) in [6, 6.07) is 32.4. The summed E-state index contributed by atoms with van der Waals surface area (Å²) in [5.74, 6) is 0.906. The number of phenols is 2. The van der Waals surface area contributed by atoms with Gasteiger partial charge in [-0.05, 0) is 170 Å². The topological polar surface area (TPSA) is 53.4 Å². The molecule has 8 saturated carbocycles. The van der Waals surface area contributed by atoms with Crippen molar-refractivity contribution in [3.05, 3.63) is 128 Å². The molecule has 0 spiro atoms. The van der Waals surface area contributed by atoms with Crippen LogP contribution in [0.5, 0.6) is 11.5 Å². The zero-order valence-corrected chi connectivity index (χ0v) is 43.6. The third kappa shape index (κ3) is 7.25. The number of pyridine rings is 1. The second-order valence-corrected chi connectivity index (χ2v) is 24.5. The Morgan fingerprint density at radius 2 is 0.667 bits per heavy atom. The van der Waals surface area contributed by atoms with Gasteiger partial charge in [0.05, 0.1) is 11.4 Å². The summed E-state index contributed by atoms with van der Waals surface area (Å²) < 4.78 is 0. The number of phenolic OH excluding ortho intramolecular Hbond substituents is 2. The van der Waals surface area contributed by atoms with Crippen molar-refractivity contribution in [3.63, 3.8) is 0 Å². The molecule has 8 aliphatic carbocycles. The van der Waals surface area contributed by atoms with Crippen LogP contribution in [0.1, 0.15) is 141 Å². The van der Waals surface area contributed by atoms with Crippen molar-refractivity contribution in [1.29, 1.82) is 0 Å². The molecule has 4 heteroatoms. The minimum absolute atomic E-state index is 0. The predicted octanol–water partition coefficient (Wildman–Crippen LogP) is 16.0. The van der Waals surface area contributed by atoms with E-state index in [1.54, 1.807) is 0 Å². The van der Waals surface area contributed by atoms with Crippen LogP contribution in [0.4, 0.5) is 0 Å². The number of aryl methyl sites for hydroxylation is 2. The van der Waals surface area contributed by atoms with Crippen molar-refractivity contribution in [3.8, 4) is 56.3 Å². The number of hydrogen-bond donors (Lipinski definition) is 2. The predicted molar refractivity (Wildman–Crippen MR) is 259 cm³/mol. The van der Waals surface area contributed by atoms with Gasteiger partial charge in [-0.1, -0.05) is 108 Å².